The van der Waals surface area contributed by atoms with Crippen molar-refractivity contribution in [2.75, 3.05) is 11.9 Å². The Balaban J connectivity index is 2.48. The summed E-state index contributed by atoms with van der Waals surface area (Å²) < 4.78 is 0.508. The summed E-state index contributed by atoms with van der Waals surface area (Å²) in [6.45, 7) is 0.565. The van der Waals surface area contributed by atoms with Crippen molar-refractivity contribution in [3.05, 3.63) is 20.3 Å². The summed E-state index contributed by atoms with van der Waals surface area (Å²) in [6.07, 6.45) is 2.29. The number of hydrogen-bond donors (Lipinski definition) is 3. The lowest BCUT2D eigenvalue weighted by atomic mass is 10.3. The van der Waals surface area contributed by atoms with Crippen LogP contribution in [0, 0.1) is 3.57 Å². The van der Waals surface area contributed by atoms with Crippen molar-refractivity contribution >= 4 is 34.3 Å². The van der Waals surface area contributed by atoms with Crippen molar-refractivity contribution in [1.82, 2.24) is 9.97 Å². The Hall–Kier alpha value is -1.12. The number of nitrogens with zero attached hydrogens (tertiary/aromatic N) is 1. The third-order valence-corrected chi connectivity index (χ3v) is 2.69. The maximum absolute atomic E-state index is 11.2. The van der Waals surface area contributed by atoms with Gasteiger partial charge in [0.05, 0.1) is 6.33 Å². The number of halogens is 1. The molecule has 6 nitrogen and oxygen atoms in total. The van der Waals surface area contributed by atoms with Gasteiger partial charge in [-0.05, 0) is 29.0 Å². The Bertz CT molecular complexity index is 404. The summed E-state index contributed by atoms with van der Waals surface area (Å²) >= 11 is 1.91. The second kappa shape index (κ2) is 5.69. The maximum Gasteiger partial charge on any atom is 0.266 e. The van der Waals surface area contributed by atoms with Crippen molar-refractivity contribution in [1.29, 1.82) is 0 Å². The summed E-state index contributed by atoms with van der Waals surface area (Å²) in [5, 5.41) is 2.96. The molecular weight excluding hydrogens is 311 g/mol. The quantitative estimate of drug-likeness (QED) is 0.527. The molecule has 4 N–H and O–H groups in total. The van der Waals surface area contributed by atoms with Crippen LogP contribution in [0.15, 0.2) is 11.1 Å². The molecule has 1 heterocycles. The van der Waals surface area contributed by atoms with Crippen molar-refractivity contribution in [3.8, 4) is 0 Å². The fourth-order valence-corrected chi connectivity index (χ4v) is 1.46. The highest BCUT2D eigenvalue weighted by Gasteiger charge is 2.03. The number of primary amides is 1. The lowest BCUT2D eigenvalue weighted by Crippen LogP contribution is -2.17. The number of nitrogens with one attached hydrogen (secondary N) is 2. The van der Waals surface area contributed by atoms with E-state index in [4.69, 9.17) is 5.73 Å². The van der Waals surface area contributed by atoms with Gasteiger partial charge in [0.15, 0.2) is 0 Å². The Morgan fingerprint density at radius 2 is 2.40 bits per heavy atom. The molecule has 1 amide bonds. The molecule has 0 aromatic carbocycles. The summed E-state index contributed by atoms with van der Waals surface area (Å²) in [6, 6.07) is 0. The first-order chi connectivity index (χ1) is 7.11. The minimum absolute atomic E-state index is 0.178. The first-order valence-corrected chi connectivity index (χ1v) is 5.44. The zero-order valence-electron chi connectivity index (χ0n) is 7.92. The first-order valence-electron chi connectivity index (χ1n) is 4.36. The molecule has 0 bridgehead atoms. The molecule has 1 aromatic heterocycles. The number of anilines is 1. The van der Waals surface area contributed by atoms with Crippen LogP contribution in [0.1, 0.15) is 12.8 Å². The zero-order chi connectivity index (χ0) is 11.3. The number of carbonyl (C=O) groups excluding carboxylic acids is 1. The van der Waals surface area contributed by atoms with Crippen molar-refractivity contribution in [3.63, 3.8) is 0 Å². The largest absolute Gasteiger partial charge is 0.370 e. The van der Waals surface area contributed by atoms with Crippen LogP contribution in [0.25, 0.3) is 0 Å². The van der Waals surface area contributed by atoms with Crippen LogP contribution < -0.4 is 16.6 Å². The van der Waals surface area contributed by atoms with Gasteiger partial charge in [0, 0.05) is 13.0 Å². The number of hydrogen-bond acceptors (Lipinski definition) is 4. The highest BCUT2D eigenvalue weighted by molar-refractivity contribution is 14.1. The molecule has 0 spiro atoms. The number of carbonyl (C=O) groups is 1. The topological polar surface area (TPSA) is 101 Å². The highest BCUT2D eigenvalue weighted by atomic mass is 127. The van der Waals surface area contributed by atoms with E-state index in [-0.39, 0.29) is 11.5 Å². The molecule has 0 aliphatic heterocycles. The van der Waals surface area contributed by atoms with Crippen LogP contribution in [-0.4, -0.2) is 22.4 Å². The fraction of sp³-hybridized carbons (Fsp3) is 0.375. The van der Waals surface area contributed by atoms with E-state index in [0.29, 0.717) is 28.8 Å². The van der Waals surface area contributed by atoms with Crippen molar-refractivity contribution < 1.29 is 4.79 Å². The summed E-state index contributed by atoms with van der Waals surface area (Å²) in [7, 11) is 0. The second-order valence-corrected chi connectivity index (χ2v) is 3.97. The van der Waals surface area contributed by atoms with E-state index in [1.807, 2.05) is 22.6 Å². The van der Waals surface area contributed by atoms with Gasteiger partial charge in [-0.15, -0.1) is 0 Å². The van der Waals surface area contributed by atoms with E-state index in [1.165, 1.54) is 6.33 Å². The SMILES string of the molecule is NC(=O)CCCNc1nc[nH]c(=O)c1I. The van der Waals surface area contributed by atoms with Crippen LogP contribution in [0.3, 0.4) is 0 Å². The molecule has 0 fully saturated rings. The molecule has 1 aromatic rings. The fourth-order valence-electron chi connectivity index (χ4n) is 0.976. The van der Waals surface area contributed by atoms with Gasteiger partial charge in [-0.2, -0.15) is 0 Å². The molecule has 0 atom stereocenters. The predicted octanol–water partition coefficient (Wildman–Crippen LogP) is 0.0519. The predicted molar refractivity (Wildman–Crippen MR) is 64.5 cm³/mol. The summed E-state index contributed by atoms with van der Waals surface area (Å²) in [5.41, 5.74) is 4.81. The highest BCUT2D eigenvalue weighted by Crippen LogP contribution is 2.08. The van der Waals surface area contributed by atoms with Gasteiger partial charge in [0.25, 0.3) is 5.56 Å². The first kappa shape index (κ1) is 12.0. The minimum atomic E-state index is -0.328. The van der Waals surface area contributed by atoms with E-state index in [0.717, 1.165) is 0 Å². The Kier molecular flexibility index (Phi) is 4.53. The van der Waals surface area contributed by atoms with Gasteiger partial charge in [-0.1, -0.05) is 0 Å². The van der Waals surface area contributed by atoms with Crippen LogP contribution in [0.4, 0.5) is 5.82 Å². The molecule has 0 saturated carbocycles. The van der Waals surface area contributed by atoms with Crippen LogP contribution >= 0.6 is 22.6 Å². The van der Waals surface area contributed by atoms with Gasteiger partial charge in [0.1, 0.15) is 9.39 Å². The molecular formula is C8H11IN4O2. The minimum Gasteiger partial charge on any atom is -0.370 e. The molecule has 82 valence electrons. The van der Waals surface area contributed by atoms with E-state index in [1.54, 1.807) is 0 Å². The smallest absolute Gasteiger partial charge is 0.266 e. The number of aromatic amines is 1. The summed E-state index contributed by atoms with van der Waals surface area (Å²) in [5.74, 6) is 0.203. The van der Waals surface area contributed by atoms with Crippen LogP contribution in [0.5, 0.6) is 0 Å². The third-order valence-electron chi connectivity index (χ3n) is 1.69. The lowest BCUT2D eigenvalue weighted by molar-refractivity contribution is -0.118. The Labute approximate surface area is 99.8 Å². The monoisotopic (exact) mass is 322 g/mol. The van der Waals surface area contributed by atoms with Crippen molar-refractivity contribution in [2.45, 2.75) is 12.8 Å². The van der Waals surface area contributed by atoms with E-state index < -0.39 is 0 Å². The van der Waals surface area contributed by atoms with E-state index in [2.05, 4.69) is 15.3 Å². The molecule has 0 saturated heterocycles. The molecule has 0 unspecified atom stereocenters. The van der Waals surface area contributed by atoms with Gasteiger partial charge in [-0.3, -0.25) is 9.59 Å². The molecule has 1 rings (SSSR count). The average molecular weight is 322 g/mol. The molecule has 15 heavy (non-hydrogen) atoms. The second-order valence-electron chi connectivity index (χ2n) is 2.89. The summed E-state index contributed by atoms with van der Waals surface area (Å²) in [4.78, 5) is 28.0. The van der Waals surface area contributed by atoms with E-state index >= 15 is 0 Å². The van der Waals surface area contributed by atoms with Crippen molar-refractivity contribution in [2.24, 2.45) is 5.73 Å². The number of H-pyrrole nitrogens is 1. The molecule has 0 aliphatic rings. The molecule has 7 heteroatoms. The normalized spacial score (nSPS) is 9.93. The van der Waals surface area contributed by atoms with Gasteiger partial charge >= 0.3 is 0 Å². The van der Waals surface area contributed by atoms with E-state index in [9.17, 15) is 9.59 Å². The number of rotatable bonds is 5. The molecule has 0 radical (unpaired) electrons. The van der Waals surface area contributed by atoms with Gasteiger partial charge in [0.2, 0.25) is 5.91 Å². The zero-order valence-corrected chi connectivity index (χ0v) is 10.1. The number of amides is 1. The van der Waals surface area contributed by atoms with Crippen LogP contribution in [0.2, 0.25) is 0 Å². The third kappa shape index (κ3) is 3.86. The number of nitrogens with two attached hydrogens (primary N) is 1. The molecule has 0 aliphatic carbocycles. The average Bonchev–Trinajstić information content (AvgIpc) is 2.18. The Morgan fingerprint density at radius 1 is 1.67 bits per heavy atom. The lowest BCUT2D eigenvalue weighted by Gasteiger charge is -2.05. The maximum atomic E-state index is 11.2. The number of aromatic nitrogens is 2. The van der Waals surface area contributed by atoms with Crippen LogP contribution in [-0.2, 0) is 4.79 Å². The standard InChI is InChI=1S/C8H11IN4O2/c9-6-7(12-4-13-8(6)15)11-3-1-2-5(10)14/h4H,1-3H2,(H2,10,14)(H2,11,12,13,15). The van der Waals surface area contributed by atoms with Gasteiger partial charge in [-0.25, -0.2) is 4.98 Å². The Morgan fingerprint density at radius 3 is 3.07 bits per heavy atom. The van der Waals surface area contributed by atoms with Gasteiger partial charge < -0.3 is 16.0 Å².